The normalized spacial score (nSPS) is 15.6. The van der Waals surface area contributed by atoms with Gasteiger partial charge in [0.15, 0.2) is 23.1 Å². The number of aromatic hydroxyl groups is 1. The minimum Gasteiger partial charge on any atom is -0.504 e. The van der Waals surface area contributed by atoms with Crippen LogP contribution < -0.4 is 14.4 Å². The number of halogens is 1. The lowest BCUT2D eigenvalue weighted by atomic mass is 9.99. The number of fused-ring (bicyclic) bond motifs is 1. The van der Waals surface area contributed by atoms with Gasteiger partial charge in [-0.2, -0.15) is 0 Å². The van der Waals surface area contributed by atoms with Gasteiger partial charge in [-0.25, -0.2) is 4.39 Å². The summed E-state index contributed by atoms with van der Waals surface area (Å²) in [5, 5.41) is 10.6. The maximum Gasteiger partial charge on any atom is 0.227 e. The second-order valence-corrected chi connectivity index (χ2v) is 8.33. The summed E-state index contributed by atoms with van der Waals surface area (Å²) in [6.07, 6.45) is 2.76. The number of rotatable bonds is 6. The number of phenolic OH excluding ortho intramolecular Hbond substituents is 1. The Morgan fingerprint density at radius 1 is 1.06 bits per heavy atom. The van der Waals surface area contributed by atoms with Gasteiger partial charge in [0.2, 0.25) is 5.91 Å². The van der Waals surface area contributed by atoms with Crippen LogP contribution in [0.25, 0.3) is 10.9 Å². The van der Waals surface area contributed by atoms with Crippen molar-refractivity contribution < 1.29 is 23.8 Å². The zero-order valence-corrected chi connectivity index (χ0v) is 18.6. The van der Waals surface area contributed by atoms with Crippen molar-refractivity contribution in [1.82, 2.24) is 4.98 Å². The first kappa shape index (κ1) is 21.7. The third kappa shape index (κ3) is 4.24. The minimum absolute atomic E-state index is 0.0129. The SMILES string of the molecule is COc1cc2c(Oc3ccc(N4CC(Cc5ccccc5)CC4=O)cc3F)ccnc2cc1O. The van der Waals surface area contributed by atoms with E-state index in [-0.39, 0.29) is 29.1 Å². The highest BCUT2D eigenvalue weighted by atomic mass is 19.1. The van der Waals surface area contributed by atoms with Crippen LogP contribution in [0.4, 0.5) is 10.1 Å². The van der Waals surface area contributed by atoms with Crippen molar-refractivity contribution in [2.45, 2.75) is 12.8 Å². The Morgan fingerprint density at radius 2 is 1.88 bits per heavy atom. The molecule has 6 nitrogen and oxygen atoms in total. The first-order valence-corrected chi connectivity index (χ1v) is 11.0. The average Bonchev–Trinajstić information content (AvgIpc) is 3.20. The summed E-state index contributed by atoms with van der Waals surface area (Å²) in [6, 6.07) is 19.3. The molecule has 0 bridgehead atoms. The molecule has 1 unspecified atom stereocenters. The highest BCUT2D eigenvalue weighted by molar-refractivity contribution is 5.96. The molecule has 0 aliphatic carbocycles. The third-order valence-electron chi connectivity index (χ3n) is 6.02. The van der Waals surface area contributed by atoms with Crippen LogP contribution >= 0.6 is 0 Å². The van der Waals surface area contributed by atoms with Gasteiger partial charge in [0, 0.05) is 42.4 Å². The van der Waals surface area contributed by atoms with Gasteiger partial charge in [-0.15, -0.1) is 0 Å². The van der Waals surface area contributed by atoms with Crippen molar-refractivity contribution in [2.75, 3.05) is 18.6 Å². The maximum absolute atomic E-state index is 15.0. The Labute approximate surface area is 196 Å². The van der Waals surface area contributed by atoms with E-state index in [1.807, 2.05) is 18.2 Å². The number of hydrogen-bond donors (Lipinski definition) is 1. The van der Waals surface area contributed by atoms with Gasteiger partial charge >= 0.3 is 0 Å². The monoisotopic (exact) mass is 458 g/mol. The number of carbonyl (C=O) groups is 1. The first-order chi connectivity index (χ1) is 16.5. The summed E-state index contributed by atoms with van der Waals surface area (Å²) in [4.78, 5) is 18.5. The molecule has 0 spiro atoms. The molecule has 1 saturated heterocycles. The quantitative estimate of drug-likeness (QED) is 0.415. The largest absolute Gasteiger partial charge is 0.504 e. The molecule has 34 heavy (non-hydrogen) atoms. The lowest BCUT2D eigenvalue weighted by molar-refractivity contribution is -0.117. The van der Waals surface area contributed by atoms with Gasteiger partial charge in [-0.1, -0.05) is 30.3 Å². The van der Waals surface area contributed by atoms with Gasteiger partial charge in [0.25, 0.3) is 0 Å². The number of amides is 1. The summed E-state index contributed by atoms with van der Waals surface area (Å²) in [5.74, 6) is 0.206. The third-order valence-corrected chi connectivity index (χ3v) is 6.02. The van der Waals surface area contributed by atoms with Crippen molar-refractivity contribution >= 4 is 22.5 Å². The van der Waals surface area contributed by atoms with Gasteiger partial charge in [-0.3, -0.25) is 9.78 Å². The van der Waals surface area contributed by atoms with E-state index in [2.05, 4.69) is 17.1 Å². The number of carbonyl (C=O) groups excluding carboxylic acids is 1. The predicted octanol–water partition coefficient (Wildman–Crippen LogP) is 5.48. The summed E-state index contributed by atoms with van der Waals surface area (Å²) in [7, 11) is 1.44. The Bertz CT molecular complexity index is 1360. The van der Waals surface area contributed by atoms with E-state index in [9.17, 15) is 9.90 Å². The molecule has 1 aromatic heterocycles. The highest BCUT2D eigenvalue weighted by Crippen LogP contribution is 2.38. The summed E-state index contributed by atoms with van der Waals surface area (Å²) >= 11 is 0. The number of aromatic nitrogens is 1. The van der Waals surface area contributed by atoms with E-state index in [1.165, 1.54) is 37.1 Å². The van der Waals surface area contributed by atoms with Crippen LogP contribution in [0.3, 0.4) is 0 Å². The first-order valence-electron chi connectivity index (χ1n) is 11.0. The van der Waals surface area contributed by atoms with Crippen LogP contribution in [-0.4, -0.2) is 29.7 Å². The predicted molar refractivity (Wildman–Crippen MR) is 127 cm³/mol. The molecule has 1 N–H and O–H groups in total. The molecule has 1 fully saturated rings. The molecule has 1 aliphatic heterocycles. The Hall–Kier alpha value is -4.13. The van der Waals surface area contributed by atoms with E-state index in [1.54, 1.807) is 23.1 Å². The van der Waals surface area contributed by atoms with Crippen LogP contribution in [0.2, 0.25) is 0 Å². The minimum atomic E-state index is -0.576. The number of benzene rings is 3. The lowest BCUT2D eigenvalue weighted by Crippen LogP contribution is -2.24. The summed E-state index contributed by atoms with van der Waals surface area (Å²) < 4.78 is 26.0. The molecule has 1 atom stereocenters. The van der Waals surface area contributed by atoms with E-state index in [4.69, 9.17) is 9.47 Å². The van der Waals surface area contributed by atoms with Crippen LogP contribution in [0, 0.1) is 11.7 Å². The number of hydrogen-bond acceptors (Lipinski definition) is 5. The van der Waals surface area contributed by atoms with Crippen LogP contribution in [0.5, 0.6) is 23.0 Å². The van der Waals surface area contributed by atoms with Crippen molar-refractivity contribution in [2.24, 2.45) is 5.92 Å². The van der Waals surface area contributed by atoms with Gasteiger partial charge in [0.05, 0.1) is 12.6 Å². The average molecular weight is 458 g/mol. The second-order valence-electron chi connectivity index (χ2n) is 8.33. The fraction of sp³-hybridized carbons (Fsp3) is 0.185. The number of ether oxygens (including phenoxy) is 2. The summed E-state index contributed by atoms with van der Waals surface area (Å²) in [5.41, 5.74) is 2.18. The summed E-state index contributed by atoms with van der Waals surface area (Å²) in [6.45, 7) is 0.547. The van der Waals surface area contributed by atoms with Crippen LogP contribution in [0.1, 0.15) is 12.0 Å². The van der Waals surface area contributed by atoms with Crippen molar-refractivity contribution in [3.05, 3.63) is 84.3 Å². The Morgan fingerprint density at radius 3 is 2.65 bits per heavy atom. The van der Waals surface area contributed by atoms with Crippen LogP contribution in [0.15, 0.2) is 72.9 Å². The molecule has 4 aromatic rings. The molecule has 0 radical (unpaired) electrons. The van der Waals surface area contributed by atoms with Crippen LogP contribution in [-0.2, 0) is 11.2 Å². The zero-order valence-electron chi connectivity index (χ0n) is 18.6. The molecule has 2 heterocycles. The van der Waals surface area contributed by atoms with E-state index in [0.29, 0.717) is 35.3 Å². The number of nitrogens with zero attached hydrogens (tertiary/aromatic N) is 2. The Balaban J connectivity index is 1.36. The number of pyridine rings is 1. The van der Waals surface area contributed by atoms with E-state index >= 15 is 4.39 Å². The van der Waals surface area contributed by atoms with E-state index < -0.39 is 5.82 Å². The number of anilines is 1. The smallest absolute Gasteiger partial charge is 0.227 e. The molecule has 3 aromatic carbocycles. The fourth-order valence-corrected chi connectivity index (χ4v) is 4.36. The maximum atomic E-state index is 15.0. The highest BCUT2D eigenvalue weighted by Gasteiger charge is 2.31. The molecule has 1 aliphatic rings. The molecule has 1 amide bonds. The fourth-order valence-electron chi connectivity index (χ4n) is 4.36. The van der Waals surface area contributed by atoms with Gasteiger partial charge < -0.3 is 19.5 Å². The molecular weight excluding hydrogens is 435 g/mol. The molecular formula is C27H23FN2O4. The standard InChI is InChI=1S/C27H23FN2O4/c1-33-26-14-20-22(15-23(26)31)29-10-9-24(20)34-25-8-7-19(13-21(25)28)30-16-18(12-27(30)32)11-17-5-3-2-4-6-17/h2-10,13-15,18,31H,11-12,16H2,1H3. The molecule has 7 heteroatoms. The second kappa shape index (κ2) is 9.02. The van der Waals surface area contributed by atoms with Crippen molar-refractivity contribution in [3.8, 4) is 23.0 Å². The zero-order chi connectivity index (χ0) is 23.7. The molecule has 0 saturated carbocycles. The molecule has 172 valence electrons. The number of phenols is 1. The van der Waals surface area contributed by atoms with Gasteiger partial charge in [-0.05, 0) is 42.2 Å². The Kier molecular flexibility index (Phi) is 5.76. The van der Waals surface area contributed by atoms with Gasteiger partial charge in [0.1, 0.15) is 5.75 Å². The topological polar surface area (TPSA) is 71.9 Å². The number of methoxy groups -OCH3 is 1. The lowest BCUT2D eigenvalue weighted by Gasteiger charge is -2.18. The van der Waals surface area contributed by atoms with Crippen molar-refractivity contribution in [3.63, 3.8) is 0 Å². The molecule has 5 rings (SSSR count). The van der Waals surface area contributed by atoms with E-state index in [0.717, 1.165) is 6.42 Å². The van der Waals surface area contributed by atoms with Crippen molar-refractivity contribution in [1.29, 1.82) is 0 Å².